The Kier molecular flexibility index (Phi) is 8.75. The van der Waals surface area contributed by atoms with Crippen molar-refractivity contribution in [2.24, 2.45) is 0 Å². The fraction of sp³-hybridized carbons (Fsp3) is 0.0159. The van der Waals surface area contributed by atoms with Gasteiger partial charge in [0.15, 0.2) is 0 Å². The normalized spacial score (nSPS) is 14.1. The van der Waals surface area contributed by atoms with Crippen LogP contribution in [-0.4, -0.2) is 0 Å². The second-order valence-electron chi connectivity index (χ2n) is 17.2. The quantitative estimate of drug-likeness (QED) is 0.152. The van der Waals surface area contributed by atoms with Crippen LogP contribution >= 0.6 is 0 Å². The molecular weight excluding hydrogens is 801 g/mol. The maximum atomic E-state index is 6.99. The van der Waals surface area contributed by atoms with Crippen LogP contribution in [0.5, 0.6) is 0 Å². The van der Waals surface area contributed by atoms with Crippen LogP contribution in [0.25, 0.3) is 55.7 Å². The number of nitrogens with zero attached hydrogens (tertiary/aromatic N) is 2. The Morgan fingerprint density at radius 1 is 0.288 bits per heavy atom. The highest BCUT2D eigenvalue weighted by molar-refractivity contribution is 6.03. The molecule has 0 bridgehead atoms. The molecule has 1 aromatic heterocycles. The molecule has 0 aliphatic heterocycles. The molecule has 3 heteroatoms. The van der Waals surface area contributed by atoms with E-state index in [1.807, 2.05) is 0 Å². The van der Waals surface area contributed by atoms with Gasteiger partial charge in [-0.2, -0.15) is 0 Å². The van der Waals surface area contributed by atoms with Gasteiger partial charge in [0.25, 0.3) is 0 Å². The van der Waals surface area contributed by atoms with Gasteiger partial charge in [-0.05, 0) is 141 Å². The molecule has 13 rings (SSSR count). The minimum absolute atomic E-state index is 0.652. The van der Waals surface area contributed by atoms with E-state index in [2.05, 4.69) is 265 Å². The molecule has 1 heterocycles. The lowest BCUT2D eigenvalue weighted by Gasteiger charge is -2.32. The minimum Gasteiger partial charge on any atom is -0.456 e. The summed E-state index contributed by atoms with van der Waals surface area (Å²) >= 11 is 0. The fourth-order valence-corrected chi connectivity index (χ4v) is 10.8. The number of fused-ring (bicyclic) bond motifs is 12. The van der Waals surface area contributed by atoms with Crippen LogP contribution in [0.2, 0.25) is 0 Å². The van der Waals surface area contributed by atoms with Gasteiger partial charge in [0.1, 0.15) is 11.3 Å². The number of furan rings is 1. The number of para-hydroxylation sites is 4. The molecule has 310 valence electrons. The van der Waals surface area contributed by atoms with E-state index in [0.717, 1.165) is 62.0 Å². The van der Waals surface area contributed by atoms with Crippen molar-refractivity contribution >= 4 is 45.1 Å². The number of benzene rings is 10. The zero-order chi connectivity index (χ0) is 43.6. The SMILES string of the molecule is c1ccc(-c2cccc(N(c3ccccc3)c3ccc4c(c3)C3(c5ccccc5-c5ccc(-c6ccc(N(c7ccccc7)c7ccccc7)cc6)cc53)c3c-4oc4ccccc34)c2)cc1. The smallest absolute Gasteiger partial charge is 0.140 e. The molecule has 1 atom stereocenters. The molecule has 1 spiro atoms. The lowest BCUT2D eigenvalue weighted by atomic mass is 9.69. The first-order valence-electron chi connectivity index (χ1n) is 22.7. The predicted octanol–water partition coefficient (Wildman–Crippen LogP) is 17.0. The molecule has 10 aromatic carbocycles. The number of rotatable bonds is 8. The number of anilines is 6. The molecule has 0 amide bonds. The summed E-state index contributed by atoms with van der Waals surface area (Å²) in [5, 5.41) is 1.14. The van der Waals surface area contributed by atoms with Gasteiger partial charge in [0.2, 0.25) is 0 Å². The largest absolute Gasteiger partial charge is 0.456 e. The van der Waals surface area contributed by atoms with Gasteiger partial charge in [0, 0.05) is 50.6 Å². The van der Waals surface area contributed by atoms with Gasteiger partial charge in [0.05, 0.1) is 5.41 Å². The van der Waals surface area contributed by atoms with Gasteiger partial charge in [-0.15, -0.1) is 0 Å². The van der Waals surface area contributed by atoms with E-state index in [9.17, 15) is 0 Å². The maximum Gasteiger partial charge on any atom is 0.140 e. The third-order valence-electron chi connectivity index (χ3n) is 13.6. The van der Waals surface area contributed by atoms with Crippen LogP contribution in [0.3, 0.4) is 0 Å². The van der Waals surface area contributed by atoms with Gasteiger partial charge >= 0.3 is 0 Å². The van der Waals surface area contributed by atoms with Crippen LogP contribution in [0, 0.1) is 0 Å². The standard InChI is InChI=1S/C63H42N2O/c1-5-18-43(19-6-1)45-20-17-27-51(40-45)65(49-25-11-4-12-26-49)52-37-39-55-59(42-52)63(61-56-29-14-16-31-60(56)66-62(55)61)57-30-15-13-28-53(57)54-38-34-46(41-58(54)63)44-32-35-50(36-33-44)64(47-21-7-2-8-22-47)48-23-9-3-10-24-48/h1-42H. The maximum absolute atomic E-state index is 6.99. The molecule has 0 N–H and O–H groups in total. The summed E-state index contributed by atoms with van der Waals surface area (Å²) in [6.45, 7) is 0. The average molecular weight is 843 g/mol. The molecular formula is C63H42N2O. The molecule has 3 nitrogen and oxygen atoms in total. The van der Waals surface area contributed by atoms with Gasteiger partial charge in [-0.3, -0.25) is 0 Å². The van der Waals surface area contributed by atoms with E-state index < -0.39 is 5.41 Å². The van der Waals surface area contributed by atoms with E-state index in [1.165, 1.54) is 50.1 Å². The van der Waals surface area contributed by atoms with Crippen LogP contribution < -0.4 is 9.80 Å². The molecule has 2 aliphatic rings. The third-order valence-corrected chi connectivity index (χ3v) is 13.6. The second-order valence-corrected chi connectivity index (χ2v) is 17.2. The highest BCUT2D eigenvalue weighted by Crippen LogP contribution is 2.65. The van der Waals surface area contributed by atoms with Crippen LogP contribution in [0.4, 0.5) is 34.1 Å². The van der Waals surface area contributed by atoms with E-state index >= 15 is 0 Å². The molecule has 0 fully saturated rings. The molecule has 0 saturated carbocycles. The third kappa shape index (κ3) is 5.84. The Morgan fingerprint density at radius 3 is 1.45 bits per heavy atom. The van der Waals surface area contributed by atoms with Crippen molar-refractivity contribution in [2.45, 2.75) is 5.41 Å². The predicted molar refractivity (Wildman–Crippen MR) is 273 cm³/mol. The second kappa shape index (κ2) is 15.3. The lowest BCUT2D eigenvalue weighted by molar-refractivity contribution is 0.628. The van der Waals surface area contributed by atoms with Crippen molar-refractivity contribution in [3.8, 4) is 44.7 Å². The first-order valence-corrected chi connectivity index (χ1v) is 22.7. The van der Waals surface area contributed by atoms with Crippen LogP contribution in [0.15, 0.2) is 259 Å². The van der Waals surface area contributed by atoms with E-state index in [-0.39, 0.29) is 0 Å². The van der Waals surface area contributed by atoms with Crippen molar-refractivity contribution < 1.29 is 4.42 Å². The summed E-state index contributed by atoms with van der Waals surface area (Å²) in [7, 11) is 0. The summed E-state index contributed by atoms with van der Waals surface area (Å²) < 4.78 is 6.99. The number of hydrogen-bond donors (Lipinski definition) is 0. The molecule has 2 aliphatic carbocycles. The Hall–Kier alpha value is -8.66. The van der Waals surface area contributed by atoms with E-state index in [1.54, 1.807) is 0 Å². The van der Waals surface area contributed by atoms with Crippen LogP contribution in [0.1, 0.15) is 22.3 Å². The Balaban J connectivity index is 1.01. The summed E-state index contributed by atoms with van der Waals surface area (Å²) in [5.74, 6) is 0.939. The summed E-state index contributed by atoms with van der Waals surface area (Å²) in [6, 6.07) is 92.2. The summed E-state index contributed by atoms with van der Waals surface area (Å²) in [5.41, 5.74) is 20.1. The molecule has 1 unspecified atom stereocenters. The highest BCUT2D eigenvalue weighted by atomic mass is 16.3. The molecule has 0 radical (unpaired) electrons. The zero-order valence-corrected chi connectivity index (χ0v) is 36.1. The van der Waals surface area contributed by atoms with Gasteiger partial charge < -0.3 is 14.2 Å². The zero-order valence-electron chi connectivity index (χ0n) is 36.1. The first-order chi connectivity index (χ1) is 32.7. The monoisotopic (exact) mass is 842 g/mol. The Bertz CT molecular complexity index is 3540. The fourth-order valence-electron chi connectivity index (χ4n) is 10.8. The minimum atomic E-state index is -0.652. The molecule has 0 saturated heterocycles. The molecule has 66 heavy (non-hydrogen) atoms. The van der Waals surface area contributed by atoms with Crippen molar-refractivity contribution in [3.63, 3.8) is 0 Å². The van der Waals surface area contributed by atoms with Crippen LogP contribution in [-0.2, 0) is 5.41 Å². The van der Waals surface area contributed by atoms with E-state index in [4.69, 9.17) is 4.42 Å². The van der Waals surface area contributed by atoms with Crippen molar-refractivity contribution in [1.82, 2.24) is 0 Å². The van der Waals surface area contributed by atoms with Crippen molar-refractivity contribution in [3.05, 3.63) is 277 Å². The van der Waals surface area contributed by atoms with Crippen molar-refractivity contribution in [2.75, 3.05) is 9.80 Å². The molecule has 11 aromatic rings. The van der Waals surface area contributed by atoms with Gasteiger partial charge in [-0.25, -0.2) is 0 Å². The summed E-state index contributed by atoms with van der Waals surface area (Å²) in [6.07, 6.45) is 0. The van der Waals surface area contributed by atoms with E-state index in [0.29, 0.717) is 0 Å². The Labute approximate surface area is 384 Å². The topological polar surface area (TPSA) is 19.6 Å². The average Bonchev–Trinajstić information content (AvgIpc) is 4.01. The lowest BCUT2D eigenvalue weighted by Crippen LogP contribution is -2.26. The first kappa shape index (κ1) is 37.9. The van der Waals surface area contributed by atoms with Gasteiger partial charge in [-0.1, -0.05) is 164 Å². The Morgan fingerprint density at radius 2 is 0.742 bits per heavy atom. The highest BCUT2D eigenvalue weighted by Gasteiger charge is 2.54. The van der Waals surface area contributed by atoms with Crippen molar-refractivity contribution in [1.29, 1.82) is 0 Å². The summed E-state index contributed by atoms with van der Waals surface area (Å²) in [4.78, 5) is 4.71. The number of hydrogen-bond acceptors (Lipinski definition) is 3.